The Morgan fingerprint density at radius 2 is 2.04 bits per heavy atom. The van der Waals surface area contributed by atoms with Gasteiger partial charge in [0.2, 0.25) is 0 Å². The highest BCUT2D eigenvalue weighted by molar-refractivity contribution is 5.85. The van der Waals surface area contributed by atoms with Crippen LogP contribution in [-0.4, -0.2) is 16.9 Å². The summed E-state index contributed by atoms with van der Waals surface area (Å²) >= 11 is 0. The Hall–Kier alpha value is -2.11. The summed E-state index contributed by atoms with van der Waals surface area (Å²) in [6.07, 6.45) is 3.78. The summed E-state index contributed by atoms with van der Waals surface area (Å²) in [5.74, 6) is 0.165. The van der Waals surface area contributed by atoms with E-state index in [1.165, 1.54) is 0 Å². The van der Waals surface area contributed by atoms with Crippen LogP contribution in [0.15, 0.2) is 41.9 Å². The van der Waals surface area contributed by atoms with Gasteiger partial charge in [-0.05, 0) is 17.5 Å². The minimum Gasteiger partial charge on any atom is -0.628 e. The highest BCUT2D eigenvalue weighted by Crippen LogP contribution is 2.22. The van der Waals surface area contributed by atoms with E-state index in [1.54, 1.807) is 0 Å². The van der Waals surface area contributed by atoms with E-state index >= 15 is 0 Å². The van der Waals surface area contributed by atoms with E-state index < -0.39 is 6.04 Å². The number of rotatable bonds is 5. The Balaban J connectivity index is 1.92. The van der Waals surface area contributed by atoms with Gasteiger partial charge in [-0.1, -0.05) is 39.0 Å². The number of hydroxylamine groups is 2. The maximum Gasteiger partial charge on any atom is 0.283 e. The van der Waals surface area contributed by atoms with Gasteiger partial charge in [0, 0.05) is 36.4 Å². The van der Waals surface area contributed by atoms with Crippen molar-refractivity contribution in [3.05, 3.63) is 52.6 Å². The van der Waals surface area contributed by atoms with Crippen molar-refractivity contribution in [2.45, 2.75) is 46.1 Å². The smallest absolute Gasteiger partial charge is 0.283 e. The van der Waals surface area contributed by atoms with E-state index in [4.69, 9.17) is 0 Å². The van der Waals surface area contributed by atoms with E-state index in [0.717, 1.165) is 27.9 Å². The molecule has 1 amide bonds. The molecule has 3 rings (SSSR count). The lowest BCUT2D eigenvalue weighted by Crippen LogP contribution is -3.12. The summed E-state index contributed by atoms with van der Waals surface area (Å²) in [7, 11) is 0. The van der Waals surface area contributed by atoms with Crippen LogP contribution in [0.25, 0.3) is 10.9 Å². The molecule has 0 radical (unpaired) electrons. The van der Waals surface area contributed by atoms with Crippen molar-refractivity contribution in [1.29, 1.82) is 0 Å². The van der Waals surface area contributed by atoms with Gasteiger partial charge in [0.25, 0.3) is 5.91 Å². The van der Waals surface area contributed by atoms with Crippen molar-refractivity contribution < 1.29 is 9.86 Å². The molecule has 0 bridgehead atoms. The number of carbonyl (C=O) groups is 1. The Kier molecular flexibility index (Phi) is 4.73. The van der Waals surface area contributed by atoms with Gasteiger partial charge in [-0.2, -0.15) is 0 Å². The first kappa shape index (κ1) is 16.7. The number of amides is 1. The van der Waals surface area contributed by atoms with Crippen LogP contribution < -0.4 is 10.4 Å². The summed E-state index contributed by atoms with van der Waals surface area (Å²) in [4.78, 5) is 15.7. The number of hydrogen-bond donors (Lipinski definition) is 3. The minimum atomic E-state index is -0.535. The normalized spacial score (nSPS) is 21.6. The van der Waals surface area contributed by atoms with Gasteiger partial charge in [0.15, 0.2) is 6.04 Å². The van der Waals surface area contributed by atoms with Crippen LogP contribution >= 0.6 is 0 Å². The molecule has 1 aliphatic heterocycles. The van der Waals surface area contributed by atoms with Crippen LogP contribution in [0.4, 0.5) is 0 Å². The first-order valence-corrected chi connectivity index (χ1v) is 8.63. The zero-order chi connectivity index (χ0) is 17.3. The second-order valence-electron chi connectivity index (χ2n) is 6.88. The van der Waals surface area contributed by atoms with Crippen LogP contribution in [0, 0.1) is 11.1 Å². The first-order valence-electron chi connectivity index (χ1n) is 8.63. The van der Waals surface area contributed by atoms with Crippen LogP contribution in [0.2, 0.25) is 0 Å². The molecule has 0 saturated carbocycles. The number of hydrogen-bond acceptors (Lipinski definition) is 2. The van der Waals surface area contributed by atoms with Crippen LogP contribution in [0.5, 0.6) is 0 Å². The maximum atomic E-state index is 12.8. The molecule has 0 aliphatic carbocycles. The molecule has 0 spiro atoms. The minimum absolute atomic E-state index is 0.00444. The number of benzene rings is 1. The molecule has 5 heteroatoms. The number of carbonyl (C=O) groups excluding carboxylic acids is 1. The number of fused-ring (bicyclic) bond motifs is 1. The molecule has 1 aromatic heterocycles. The molecule has 0 saturated heterocycles. The van der Waals surface area contributed by atoms with E-state index in [-0.39, 0.29) is 11.0 Å². The Bertz CT molecular complexity index is 776. The third-order valence-corrected chi connectivity index (χ3v) is 4.67. The van der Waals surface area contributed by atoms with Crippen molar-refractivity contribution in [2.24, 2.45) is 5.92 Å². The molecule has 2 heterocycles. The molecular weight excluding hydrogens is 302 g/mol. The lowest BCUT2D eigenvalue weighted by Gasteiger charge is -2.38. The molecule has 3 N–H and O–H groups in total. The molecule has 128 valence electrons. The second kappa shape index (κ2) is 6.79. The van der Waals surface area contributed by atoms with Crippen molar-refractivity contribution in [1.82, 2.24) is 10.3 Å². The molecule has 2 aromatic rings. The Morgan fingerprint density at radius 1 is 1.29 bits per heavy atom. The largest absolute Gasteiger partial charge is 0.628 e. The molecule has 1 aromatic carbocycles. The molecule has 2 unspecified atom stereocenters. The SMILES string of the molecule is CCC1=C(Cc2c[nH]c3ccccc23)NC(=O)C(CC(C)C)[NH+]1[O-]. The standard InChI is InChI=1S/C19H25N3O2/c1-4-17-16(21-19(23)18(22(17)24)9-12(2)3)10-13-11-20-15-8-6-5-7-14(13)15/h5-8,11-12,18,20,22H,4,9-10H2,1-3H3,(H,21,23). The molecule has 0 fully saturated rings. The molecular formula is C19H25N3O2. The van der Waals surface area contributed by atoms with E-state index in [0.29, 0.717) is 25.2 Å². The molecule has 24 heavy (non-hydrogen) atoms. The summed E-state index contributed by atoms with van der Waals surface area (Å²) in [5, 5.41) is 16.9. The monoisotopic (exact) mass is 327 g/mol. The van der Waals surface area contributed by atoms with Gasteiger partial charge < -0.3 is 20.6 Å². The number of para-hydroxylation sites is 1. The topological polar surface area (TPSA) is 72.4 Å². The number of allylic oxidation sites excluding steroid dienone is 2. The zero-order valence-electron chi connectivity index (χ0n) is 14.5. The maximum absolute atomic E-state index is 12.8. The third kappa shape index (κ3) is 3.09. The van der Waals surface area contributed by atoms with E-state index in [9.17, 15) is 10.0 Å². The van der Waals surface area contributed by atoms with E-state index in [2.05, 4.69) is 16.4 Å². The van der Waals surface area contributed by atoms with Gasteiger partial charge in [-0.15, -0.1) is 0 Å². The van der Waals surface area contributed by atoms with Crippen molar-refractivity contribution in [2.75, 3.05) is 0 Å². The van der Waals surface area contributed by atoms with Gasteiger partial charge in [-0.3, -0.25) is 4.79 Å². The fourth-order valence-corrected chi connectivity index (χ4v) is 3.48. The van der Waals surface area contributed by atoms with E-state index in [1.807, 2.05) is 45.2 Å². The number of quaternary nitrogens is 1. The second-order valence-corrected chi connectivity index (χ2v) is 6.88. The van der Waals surface area contributed by atoms with Gasteiger partial charge >= 0.3 is 0 Å². The predicted molar refractivity (Wildman–Crippen MR) is 95.0 cm³/mol. The third-order valence-electron chi connectivity index (χ3n) is 4.67. The predicted octanol–water partition coefficient (Wildman–Crippen LogP) is 2.26. The van der Waals surface area contributed by atoms with Gasteiger partial charge in [0.05, 0.1) is 5.70 Å². The van der Waals surface area contributed by atoms with Crippen LogP contribution in [0.1, 0.15) is 39.2 Å². The fraction of sp³-hybridized carbons (Fsp3) is 0.421. The zero-order valence-corrected chi connectivity index (χ0v) is 14.5. The highest BCUT2D eigenvalue weighted by atomic mass is 16.5. The highest BCUT2D eigenvalue weighted by Gasteiger charge is 2.35. The summed E-state index contributed by atoms with van der Waals surface area (Å²) in [6.45, 7) is 6.06. The number of H-pyrrole nitrogens is 1. The summed E-state index contributed by atoms with van der Waals surface area (Å²) in [5.41, 5.74) is 3.70. The summed E-state index contributed by atoms with van der Waals surface area (Å²) in [6, 6.07) is 7.53. The van der Waals surface area contributed by atoms with Crippen LogP contribution in [-0.2, 0) is 11.2 Å². The first-order chi connectivity index (χ1) is 11.5. The van der Waals surface area contributed by atoms with Crippen LogP contribution in [0.3, 0.4) is 0 Å². The molecule has 2 atom stereocenters. The summed E-state index contributed by atoms with van der Waals surface area (Å²) < 4.78 is 0. The fourth-order valence-electron chi connectivity index (χ4n) is 3.48. The van der Waals surface area contributed by atoms with Gasteiger partial charge in [-0.25, -0.2) is 0 Å². The average molecular weight is 327 g/mol. The van der Waals surface area contributed by atoms with Crippen molar-refractivity contribution in [3.63, 3.8) is 0 Å². The molecule has 5 nitrogen and oxygen atoms in total. The number of aromatic nitrogens is 1. The quantitative estimate of drug-likeness (QED) is 0.737. The Labute approximate surface area is 142 Å². The van der Waals surface area contributed by atoms with Gasteiger partial charge in [0.1, 0.15) is 5.70 Å². The number of aromatic amines is 1. The lowest BCUT2D eigenvalue weighted by molar-refractivity contribution is -0.829. The average Bonchev–Trinajstić information content (AvgIpc) is 2.95. The molecule has 1 aliphatic rings. The van der Waals surface area contributed by atoms with Crippen molar-refractivity contribution >= 4 is 16.8 Å². The lowest BCUT2D eigenvalue weighted by atomic mass is 9.98. The van der Waals surface area contributed by atoms with Crippen molar-refractivity contribution in [3.8, 4) is 0 Å². The Morgan fingerprint density at radius 3 is 2.75 bits per heavy atom. The number of nitrogens with one attached hydrogen (secondary N) is 3.